The van der Waals surface area contributed by atoms with Gasteiger partial charge in [-0.3, -0.25) is 14.8 Å². The highest BCUT2D eigenvalue weighted by atomic mass is 35.5. The lowest BCUT2D eigenvalue weighted by Crippen LogP contribution is -2.34. The Morgan fingerprint density at radius 1 is 1.43 bits per heavy atom. The highest BCUT2D eigenvalue weighted by Crippen LogP contribution is 2.36. The first-order valence-electron chi connectivity index (χ1n) is 6.98. The second kappa shape index (κ2) is 6.60. The van der Waals surface area contributed by atoms with E-state index < -0.39 is 5.82 Å². The fraction of sp³-hybridized carbons (Fsp3) is 0.188. The molecule has 2 heterocycles. The van der Waals surface area contributed by atoms with Gasteiger partial charge in [-0.2, -0.15) is 0 Å². The minimum Gasteiger partial charge on any atom is -0.348 e. The molecule has 1 aromatic carbocycles. The Bertz CT molecular complexity index is 853. The molecule has 1 amide bonds. The second-order valence-corrected chi connectivity index (χ2v) is 6.56. The molecule has 0 bridgehead atoms. The van der Waals surface area contributed by atoms with Crippen molar-refractivity contribution in [3.05, 3.63) is 58.2 Å². The predicted octanol–water partition coefficient (Wildman–Crippen LogP) is 3.84. The summed E-state index contributed by atoms with van der Waals surface area (Å²) in [4.78, 5) is 20.9. The first-order chi connectivity index (χ1) is 11.1. The van der Waals surface area contributed by atoms with Gasteiger partial charge in [-0.05, 0) is 19.1 Å². The van der Waals surface area contributed by atoms with Crippen molar-refractivity contribution in [1.82, 2.24) is 15.3 Å². The zero-order valence-electron chi connectivity index (χ0n) is 12.2. The lowest BCUT2D eigenvalue weighted by Gasteiger charge is -2.12. The molecule has 0 saturated carbocycles. The number of hydrogen-bond acceptors (Lipinski definition) is 4. The Balaban J connectivity index is 1.78. The van der Waals surface area contributed by atoms with E-state index in [4.69, 9.17) is 11.6 Å². The molecule has 0 unspecified atom stereocenters. The average molecular weight is 350 g/mol. The van der Waals surface area contributed by atoms with Crippen LogP contribution in [0.3, 0.4) is 0 Å². The number of halogens is 2. The maximum atomic E-state index is 13.8. The van der Waals surface area contributed by atoms with Crippen LogP contribution in [0.1, 0.15) is 22.3 Å². The Morgan fingerprint density at radius 2 is 2.26 bits per heavy atom. The Hall–Kier alpha value is -2.05. The number of nitrogens with one attached hydrogen (secondary N) is 1. The van der Waals surface area contributed by atoms with E-state index in [2.05, 4.69) is 15.3 Å². The molecular weight excluding hydrogens is 337 g/mol. The molecule has 0 spiro atoms. The third-order valence-electron chi connectivity index (χ3n) is 3.32. The summed E-state index contributed by atoms with van der Waals surface area (Å²) in [5.74, 6) is -0.734. The fourth-order valence-electron chi connectivity index (χ4n) is 2.31. The molecule has 1 atom stereocenters. The molecule has 0 aliphatic rings. The molecule has 2 aromatic heterocycles. The Labute approximate surface area is 141 Å². The summed E-state index contributed by atoms with van der Waals surface area (Å²) in [6.07, 6.45) is 5.41. The van der Waals surface area contributed by atoms with Crippen LogP contribution in [0.4, 0.5) is 4.39 Å². The molecule has 0 saturated heterocycles. The van der Waals surface area contributed by atoms with E-state index in [0.29, 0.717) is 21.4 Å². The van der Waals surface area contributed by atoms with Crippen molar-refractivity contribution in [3.63, 3.8) is 0 Å². The van der Waals surface area contributed by atoms with Gasteiger partial charge in [0.05, 0.1) is 10.7 Å². The molecule has 3 rings (SSSR count). The maximum Gasteiger partial charge on any atom is 0.263 e. The molecule has 4 nitrogen and oxygen atoms in total. The maximum absolute atomic E-state index is 13.8. The van der Waals surface area contributed by atoms with Crippen molar-refractivity contribution in [2.24, 2.45) is 0 Å². The molecule has 0 aliphatic heterocycles. The van der Waals surface area contributed by atoms with Gasteiger partial charge in [0, 0.05) is 41.1 Å². The molecule has 0 radical (unpaired) electrons. The van der Waals surface area contributed by atoms with Gasteiger partial charge in [-0.25, -0.2) is 4.39 Å². The normalized spacial score (nSPS) is 12.3. The van der Waals surface area contributed by atoms with Crippen LogP contribution >= 0.6 is 22.9 Å². The highest BCUT2D eigenvalue weighted by Gasteiger charge is 2.20. The first kappa shape index (κ1) is 15.8. The van der Waals surface area contributed by atoms with Crippen LogP contribution in [0.2, 0.25) is 5.02 Å². The standard InChI is InChI=1S/C16H13ClFN3OS/c1-9(7-10-8-19-5-6-20-10)21-16(22)15-14(17)13-11(18)3-2-4-12(13)23-15/h2-6,8-9H,7H2,1H3,(H,21,22)/t9-/m0/s1. The van der Waals surface area contributed by atoms with Crippen molar-refractivity contribution >= 4 is 38.9 Å². The molecule has 1 N–H and O–H groups in total. The third-order valence-corrected chi connectivity index (χ3v) is 4.97. The molecule has 0 fully saturated rings. The predicted molar refractivity (Wildman–Crippen MR) is 89.5 cm³/mol. The largest absolute Gasteiger partial charge is 0.348 e. The molecule has 0 aliphatic carbocycles. The number of amides is 1. The van der Waals surface area contributed by atoms with Crippen molar-refractivity contribution in [1.29, 1.82) is 0 Å². The molecule has 118 valence electrons. The van der Waals surface area contributed by atoms with Gasteiger partial charge in [0.25, 0.3) is 5.91 Å². The smallest absolute Gasteiger partial charge is 0.263 e. The lowest BCUT2D eigenvalue weighted by atomic mass is 10.2. The summed E-state index contributed by atoms with van der Waals surface area (Å²) < 4.78 is 14.5. The quantitative estimate of drug-likeness (QED) is 0.778. The van der Waals surface area contributed by atoms with Crippen LogP contribution in [0.15, 0.2) is 36.8 Å². The van der Waals surface area contributed by atoms with E-state index in [1.165, 1.54) is 17.4 Å². The summed E-state index contributed by atoms with van der Waals surface area (Å²) in [5.41, 5.74) is 0.786. The van der Waals surface area contributed by atoms with Crippen molar-refractivity contribution in [2.75, 3.05) is 0 Å². The zero-order valence-corrected chi connectivity index (χ0v) is 13.8. The Kier molecular flexibility index (Phi) is 4.54. The van der Waals surface area contributed by atoms with Crippen LogP contribution in [0, 0.1) is 5.82 Å². The number of hydrogen-bond donors (Lipinski definition) is 1. The monoisotopic (exact) mass is 349 g/mol. The van der Waals surface area contributed by atoms with E-state index in [0.717, 1.165) is 5.69 Å². The van der Waals surface area contributed by atoms with Crippen molar-refractivity contribution in [3.8, 4) is 0 Å². The SMILES string of the molecule is C[C@@H](Cc1cnccn1)NC(=O)c1sc2cccc(F)c2c1Cl. The summed E-state index contributed by atoms with van der Waals surface area (Å²) in [6.45, 7) is 1.87. The number of thiophene rings is 1. The van der Waals surface area contributed by atoms with Gasteiger partial charge in [-0.1, -0.05) is 17.7 Å². The third kappa shape index (κ3) is 3.33. The zero-order chi connectivity index (χ0) is 16.4. The molecule has 23 heavy (non-hydrogen) atoms. The minimum absolute atomic E-state index is 0.148. The Morgan fingerprint density at radius 3 is 2.96 bits per heavy atom. The molecule has 3 aromatic rings. The van der Waals surface area contributed by atoms with E-state index in [9.17, 15) is 9.18 Å². The van der Waals surface area contributed by atoms with Crippen molar-refractivity contribution in [2.45, 2.75) is 19.4 Å². The van der Waals surface area contributed by atoms with Crippen LogP contribution in [-0.2, 0) is 6.42 Å². The fourth-order valence-corrected chi connectivity index (χ4v) is 3.77. The first-order valence-corrected chi connectivity index (χ1v) is 8.18. The minimum atomic E-state index is -0.421. The van der Waals surface area contributed by atoms with Gasteiger partial charge >= 0.3 is 0 Å². The number of fused-ring (bicyclic) bond motifs is 1. The summed E-state index contributed by atoms with van der Waals surface area (Å²) in [5, 5.41) is 3.32. The second-order valence-electron chi connectivity index (χ2n) is 5.13. The summed E-state index contributed by atoms with van der Waals surface area (Å²) in [7, 11) is 0. The van der Waals surface area contributed by atoms with Crippen molar-refractivity contribution < 1.29 is 9.18 Å². The van der Waals surface area contributed by atoms with E-state index in [1.54, 1.807) is 30.7 Å². The number of carbonyl (C=O) groups is 1. The van der Waals surface area contributed by atoms with Crippen LogP contribution in [-0.4, -0.2) is 21.9 Å². The number of rotatable bonds is 4. The number of benzene rings is 1. The number of carbonyl (C=O) groups excluding carboxylic acids is 1. The number of aromatic nitrogens is 2. The van der Waals surface area contributed by atoms with Gasteiger partial charge < -0.3 is 5.32 Å². The van der Waals surface area contributed by atoms with Crippen LogP contribution in [0.5, 0.6) is 0 Å². The van der Waals surface area contributed by atoms with Gasteiger partial charge in [0.2, 0.25) is 0 Å². The van der Waals surface area contributed by atoms with E-state index in [1.807, 2.05) is 6.92 Å². The summed E-state index contributed by atoms with van der Waals surface area (Å²) >= 11 is 7.37. The van der Waals surface area contributed by atoms with Crippen LogP contribution in [0.25, 0.3) is 10.1 Å². The summed E-state index contributed by atoms with van der Waals surface area (Å²) in [6, 6.07) is 4.53. The average Bonchev–Trinajstić information content (AvgIpc) is 2.86. The van der Waals surface area contributed by atoms with E-state index in [-0.39, 0.29) is 17.0 Å². The van der Waals surface area contributed by atoms with Gasteiger partial charge in [-0.15, -0.1) is 11.3 Å². The van der Waals surface area contributed by atoms with Gasteiger partial charge in [0.1, 0.15) is 10.7 Å². The van der Waals surface area contributed by atoms with E-state index >= 15 is 0 Å². The van der Waals surface area contributed by atoms with Gasteiger partial charge in [0.15, 0.2) is 0 Å². The topological polar surface area (TPSA) is 54.9 Å². The molecular formula is C16H13ClFN3OS. The highest BCUT2D eigenvalue weighted by molar-refractivity contribution is 7.21. The van der Waals surface area contributed by atoms with Crippen LogP contribution < -0.4 is 5.32 Å². The lowest BCUT2D eigenvalue weighted by molar-refractivity contribution is 0.0944. The number of nitrogens with zero attached hydrogens (tertiary/aromatic N) is 2. The molecule has 7 heteroatoms.